The molecule has 0 fully saturated rings. The molecule has 0 spiro atoms. The standard InChI is InChI=1S/C13H20N2O2S/c1-15(7-8-18-3)10-13(16)14-11-5-4-6-12(9-11)17-2/h4-6,9H,7-8,10H2,1-3H3,(H,14,16). The molecular formula is C13H20N2O2S. The molecule has 0 saturated carbocycles. The summed E-state index contributed by atoms with van der Waals surface area (Å²) in [5.74, 6) is 1.76. The summed E-state index contributed by atoms with van der Waals surface area (Å²) >= 11 is 1.78. The van der Waals surface area contributed by atoms with Gasteiger partial charge in [0, 0.05) is 24.1 Å². The summed E-state index contributed by atoms with van der Waals surface area (Å²) in [6.45, 7) is 1.31. The van der Waals surface area contributed by atoms with E-state index in [1.165, 1.54) is 0 Å². The van der Waals surface area contributed by atoms with Crippen LogP contribution in [0.3, 0.4) is 0 Å². The van der Waals surface area contributed by atoms with Gasteiger partial charge in [0.05, 0.1) is 13.7 Å². The first-order valence-corrected chi connectivity index (χ1v) is 7.16. The zero-order valence-electron chi connectivity index (χ0n) is 11.1. The van der Waals surface area contributed by atoms with Crippen LogP contribution in [0.15, 0.2) is 24.3 Å². The SMILES string of the molecule is COc1cccc(NC(=O)CN(C)CCSC)c1. The number of nitrogens with zero attached hydrogens (tertiary/aromatic N) is 1. The second-order valence-electron chi connectivity index (χ2n) is 4.01. The largest absolute Gasteiger partial charge is 0.497 e. The number of carbonyl (C=O) groups is 1. The Kier molecular flexibility index (Phi) is 6.60. The van der Waals surface area contributed by atoms with E-state index in [2.05, 4.69) is 11.6 Å². The zero-order valence-corrected chi connectivity index (χ0v) is 11.9. The van der Waals surface area contributed by atoms with Gasteiger partial charge in [0.15, 0.2) is 0 Å². The van der Waals surface area contributed by atoms with Crippen molar-refractivity contribution in [2.75, 3.05) is 44.6 Å². The van der Waals surface area contributed by atoms with Crippen molar-refractivity contribution in [2.24, 2.45) is 0 Å². The van der Waals surface area contributed by atoms with Crippen molar-refractivity contribution in [3.8, 4) is 5.75 Å². The van der Waals surface area contributed by atoms with E-state index in [4.69, 9.17) is 4.74 Å². The van der Waals surface area contributed by atoms with Crippen molar-refractivity contribution in [1.29, 1.82) is 0 Å². The molecule has 0 atom stereocenters. The lowest BCUT2D eigenvalue weighted by atomic mass is 10.3. The minimum Gasteiger partial charge on any atom is -0.497 e. The molecular weight excluding hydrogens is 248 g/mol. The highest BCUT2D eigenvalue weighted by molar-refractivity contribution is 7.98. The van der Waals surface area contributed by atoms with E-state index in [0.29, 0.717) is 6.54 Å². The molecule has 1 rings (SSSR count). The molecule has 0 aliphatic carbocycles. The summed E-state index contributed by atoms with van der Waals surface area (Å²) in [6.07, 6.45) is 2.06. The maximum absolute atomic E-state index is 11.8. The fourth-order valence-corrected chi connectivity index (χ4v) is 1.97. The van der Waals surface area contributed by atoms with Gasteiger partial charge < -0.3 is 10.1 Å². The molecule has 5 heteroatoms. The monoisotopic (exact) mass is 268 g/mol. The molecule has 1 N–H and O–H groups in total. The fraction of sp³-hybridized carbons (Fsp3) is 0.462. The van der Waals surface area contributed by atoms with Gasteiger partial charge >= 0.3 is 0 Å². The van der Waals surface area contributed by atoms with Crippen LogP contribution in [0.5, 0.6) is 5.75 Å². The summed E-state index contributed by atoms with van der Waals surface area (Å²) in [5.41, 5.74) is 0.762. The van der Waals surface area contributed by atoms with E-state index in [1.807, 2.05) is 30.1 Å². The first kappa shape index (κ1) is 14.9. The number of rotatable bonds is 7. The summed E-state index contributed by atoms with van der Waals surface area (Å²) in [6, 6.07) is 7.36. The van der Waals surface area contributed by atoms with E-state index in [1.54, 1.807) is 24.9 Å². The van der Waals surface area contributed by atoms with Crippen LogP contribution in [0.2, 0.25) is 0 Å². The van der Waals surface area contributed by atoms with Crippen LogP contribution in [0.25, 0.3) is 0 Å². The maximum Gasteiger partial charge on any atom is 0.238 e. The second-order valence-corrected chi connectivity index (χ2v) is 5.00. The number of likely N-dealkylation sites (N-methyl/N-ethyl adjacent to an activating group) is 1. The molecule has 100 valence electrons. The van der Waals surface area contributed by atoms with Crippen molar-refractivity contribution in [2.45, 2.75) is 0 Å². The van der Waals surface area contributed by atoms with Crippen LogP contribution in [0, 0.1) is 0 Å². The summed E-state index contributed by atoms with van der Waals surface area (Å²) < 4.78 is 5.11. The van der Waals surface area contributed by atoms with E-state index in [0.717, 1.165) is 23.7 Å². The number of thioether (sulfide) groups is 1. The molecule has 0 saturated heterocycles. The van der Waals surface area contributed by atoms with Gasteiger partial charge in [-0.05, 0) is 25.4 Å². The Morgan fingerprint density at radius 1 is 1.50 bits per heavy atom. The molecule has 1 aromatic rings. The molecule has 0 bridgehead atoms. The predicted octanol–water partition coefficient (Wildman–Crippen LogP) is 1.93. The quantitative estimate of drug-likeness (QED) is 0.820. The molecule has 0 radical (unpaired) electrons. The molecule has 0 aliphatic heterocycles. The lowest BCUT2D eigenvalue weighted by molar-refractivity contribution is -0.117. The van der Waals surface area contributed by atoms with Crippen molar-refractivity contribution in [1.82, 2.24) is 4.90 Å². The highest BCUT2D eigenvalue weighted by Gasteiger charge is 2.06. The Bertz CT molecular complexity index is 385. The lowest BCUT2D eigenvalue weighted by Crippen LogP contribution is -2.31. The number of carbonyl (C=O) groups excluding carboxylic acids is 1. The normalized spacial score (nSPS) is 10.4. The summed E-state index contributed by atoms with van der Waals surface area (Å²) in [7, 11) is 3.55. The molecule has 18 heavy (non-hydrogen) atoms. The molecule has 0 aromatic heterocycles. The summed E-state index contributed by atoms with van der Waals surface area (Å²) in [5, 5.41) is 2.86. The van der Waals surface area contributed by atoms with Crippen molar-refractivity contribution in [3.05, 3.63) is 24.3 Å². The molecule has 1 aromatic carbocycles. The number of hydrogen-bond donors (Lipinski definition) is 1. The molecule has 0 heterocycles. The third-order valence-corrected chi connectivity index (χ3v) is 3.03. The van der Waals surface area contributed by atoms with Crippen molar-refractivity contribution in [3.63, 3.8) is 0 Å². The van der Waals surface area contributed by atoms with Gasteiger partial charge in [0.1, 0.15) is 5.75 Å². The zero-order chi connectivity index (χ0) is 13.4. The van der Waals surface area contributed by atoms with Crippen LogP contribution in [-0.4, -0.2) is 50.1 Å². The van der Waals surface area contributed by atoms with Crippen LogP contribution >= 0.6 is 11.8 Å². The first-order chi connectivity index (χ1) is 8.65. The number of ether oxygens (including phenoxy) is 1. The molecule has 4 nitrogen and oxygen atoms in total. The van der Waals surface area contributed by atoms with E-state index in [-0.39, 0.29) is 5.91 Å². The Balaban J connectivity index is 2.43. The van der Waals surface area contributed by atoms with Crippen LogP contribution in [0.4, 0.5) is 5.69 Å². The minimum absolute atomic E-state index is 0.00754. The number of anilines is 1. The van der Waals surface area contributed by atoms with E-state index in [9.17, 15) is 4.79 Å². The van der Waals surface area contributed by atoms with Gasteiger partial charge in [-0.1, -0.05) is 6.07 Å². The van der Waals surface area contributed by atoms with Gasteiger partial charge in [-0.2, -0.15) is 11.8 Å². The lowest BCUT2D eigenvalue weighted by Gasteiger charge is -2.15. The molecule has 1 amide bonds. The van der Waals surface area contributed by atoms with Crippen molar-refractivity contribution < 1.29 is 9.53 Å². The van der Waals surface area contributed by atoms with E-state index < -0.39 is 0 Å². The third kappa shape index (κ3) is 5.42. The highest BCUT2D eigenvalue weighted by Crippen LogP contribution is 2.16. The van der Waals surface area contributed by atoms with Crippen LogP contribution in [-0.2, 0) is 4.79 Å². The van der Waals surface area contributed by atoms with Crippen LogP contribution < -0.4 is 10.1 Å². The van der Waals surface area contributed by atoms with Gasteiger partial charge in [-0.3, -0.25) is 9.69 Å². The van der Waals surface area contributed by atoms with Gasteiger partial charge in [-0.15, -0.1) is 0 Å². The number of benzene rings is 1. The second kappa shape index (κ2) is 8.00. The molecule has 0 unspecified atom stereocenters. The Morgan fingerprint density at radius 3 is 2.94 bits per heavy atom. The fourth-order valence-electron chi connectivity index (χ4n) is 1.47. The van der Waals surface area contributed by atoms with Gasteiger partial charge in [-0.25, -0.2) is 0 Å². The van der Waals surface area contributed by atoms with Crippen molar-refractivity contribution >= 4 is 23.4 Å². The maximum atomic E-state index is 11.8. The Morgan fingerprint density at radius 2 is 2.28 bits per heavy atom. The predicted molar refractivity (Wildman–Crippen MR) is 77.5 cm³/mol. The Hall–Kier alpha value is -1.20. The van der Waals surface area contributed by atoms with Gasteiger partial charge in [0.25, 0.3) is 0 Å². The van der Waals surface area contributed by atoms with Crippen LogP contribution in [0.1, 0.15) is 0 Å². The smallest absolute Gasteiger partial charge is 0.238 e. The number of amides is 1. The third-order valence-electron chi connectivity index (χ3n) is 2.44. The van der Waals surface area contributed by atoms with Gasteiger partial charge in [0.2, 0.25) is 5.91 Å². The average molecular weight is 268 g/mol. The first-order valence-electron chi connectivity index (χ1n) is 5.77. The topological polar surface area (TPSA) is 41.6 Å². The number of methoxy groups -OCH3 is 1. The minimum atomic E-state index is -0.00754. The number of nitrogens with one attached hydrogen (secondary N) is 1. The average Bonchev–Trinajstić information content (AvgIpc) is 2.36. The Labute approximate surface area is 113 Å². The summed E-state index contributed by atoms with van der Waals surface area (Å²) in [4.78, 5) is 13.8. The number of hydrogen-bond acceptors (Lipinski definition) is 4. The van der Waals surface area contributed by atoms with E-state index >= 15 is 0 Å². The highest BCUT2D eigenvalue weighted by atomic mass is 32.2. The molecule has 0 aliphatic rings.